The van der Waals surface area contributed by atoms with E-state index in [4.69, 9.17) is 0 Å². The summed E-state index contributed by atoms with van der Waals surface area (Å²) in [4.78, 5) is 0.318. The molecule has 88 valence electrons. The first-order valence-corrected chi connectivity index (χ1v) is 6.82. The van der Waals surface area contributed by atoms with Gasteiger partial charge in [-0.15, -0.1) is 7.05 Å². The molecule has 0 bridgehead atoms. The second-order valence-corrected chi connectivity index (χ2v) is 5.84. The maximum atomic E-state index is 11.8. The Bertz CT molecular complexity index is 449. The van der Waals surface area contributed by atoms with Crippen LogP contribution < -0.4 is 10.0 Å². The second-order valence-electron chi connectivity index (χ2n) is 4.07. The molecule has 3 N–H and O–H groups in total. The SMILES string of the molecule is [CH2-][NH2+]c1ccc(S(=O)(=O)NCC2CC2)cc1. The lowest BCUT2D eigenvalue weighted by atomic mass is 10.3. The van der Waals surface area contributed by atoms with Crippen molar-refractivity contribution in [2.24, 2.45) is 5.92 Å². The molecule has 1 saturated carbocycles. The zero-order valence-corrected chi connectivity index (χ0v) is 9.83. The minimum absolute atomic E-state index is 0.318. The molecule has 5 heteroatoms. The number of hydrogen-bond donors (Lipinski definition) is 2. The molecule has 1 aliphatic carbocycles. The largest absolute Gasteiger partial charge is 0.446 e. The maximum absolute atomic E-state index is 11.8. The normalized spacial score (nSPS) is 16.3. The van der Waals surface area contributed by atoms with E-state index in [0.717, 1.165) is 18.5 Å². The predicted molar refractivity (Wildman–Crippen MR) is 61.3 cm³/mol. The molecule has 1 aromatic carbocycles. The molecule has 0 aromatic heterocycles. The van der Waals surface area contributed by atoms with E-state index < -0.39 is 10.0 Å². The van der Waals surface area contributed by atoms with E-state index in [9.17, 15) is 8.42 Å². The Kier molecular flexibility index (Phi) is 3.28. The molecule has 1 aliphatic rings. The van der Waals surface area contributed by atoms with Crippen LogP contribution in [0.1, 0.15) is 12.8 Å². The Balaban J connectivity index is 2.07. The van der Waals surface area contributed by atoms with Crippen molar-refractivity contribution in [1.82, 2.24) is 4.72 Å². The number of rotatable bonds is 5. The standard InChI is InChI=1S/C11H16N2O2S/c1-12-10-4-6-11(7-5-10)16(14,15)13-8-9-2-3-9/h4-7,9,13H,1-3,8,12H2. The smallest absolute Gasteiger partial charge is 0.240 e. The van der Waals surface area contributed by atoms with E-state index in [-0.39, 0.29) is 0 Å². The Morgan fingerprint density at radius 1 is 1.31 bits per heavy atom. The molecule has 1 aromatic rings. The van der Waals surface area contributed by atoms with Crippen molar-refractivity contribution in [2.45, 2.75) is 17.7 Å². The van der Waals surface area contributed by atoms with E-state index in [1.165, 1.54) is 0 Å². The van der Waals surface area contributed by atoms with Crippen molar-refractivity contribution in [2.75, 3.05) is 6.54 Å². The van der Waals surface area contributed by atoms with Crippen LogP contribution in [0.5, 0.6) is 0 Å². The van der Waals surface area contributed by atoms with Gasteiger partial charge in [-0.1, -0.05) is 0 Å². The van der Waals surface area contributed by atoms with Crippen LogP contribution in [-0.2, 0) is 10.0 Å². The fourth-order valence-corrected chi connectivity index (χ4v) is 2.53. The minimum Gasteiger partial charge on any atom is -0.446 e. The third-order valence-corrected chi connectivity index (χ3v) is 4.12. The van der Waals surface area contributed by atoms with Gasteiger partial charge in [0.05, 0.1) is 4.90 Å². The van der Waals surface area contributed by atoms with Crippen LogP contribution in [0.4, 0.5) is 5.69 Å². The van der Waals surface area contributed by atoms with E-state index >= 15 is 0 Å². The number of hydrogen-bond acceptors (Lipinski definition) is 2. The van der Waals surface area contributed by atoms with E-state index in [1.54, 1.807) is 29.6 Å². The van der Waals surface area contributed by atoms with Crippen molar-refractivity contribution in [3.63, 3.8) is 0 Å². The van der Waals surface area contributed by atoms with Crippen LogP contribution in [0.2, 0.25) is 0 Å². The summed E-state index contributed by atoms with van der Waals surface area (Å²) in [6.45, 7) is 0.561. The number of benzene rings is 1. The molecule has 2 rings (SSSR count). The first-order chi connectivity index (χ1) is 7.62. The van der Waals surface area contributed by atoms with Gasteiger partial charge in [-0.2, -0.15) is 0 Å². The third kappa shape index (κ3) is 2.81. The van der Waals surface area contributed by atoms with Gasteiger partial charge in [0.2, 0.25) is 10.0 Å². The molecule has 0 aliphatic heterocycles. The van der Waals surface area contributed by atoms with E-state index in [2.05, 4.69) is 11.8 Å². The topological polar surface area (TPSA) is 62.8 Å². The van der Waals surface area contributed by atoms with Crippen molar-refractivity contribution in [3.05, 3.63) is 31.3 Å². The minimum atomic E-state index is -3.32. The van der Waals surface area contributed by atoms with Gasteiger partial charge in [0.25, 0.3) is 0 Å². The van der Waals surface area contributed by atoms with Gasteiger partial charge in [-0.3, -0.25) is 0 Å². The summed E-state index contributed by atoms with van der Waals surface area (Å²) in [6.07, 6.45) is 2.27. The first kappa shape index (κ1) is 11.6. The molecule has 0 heterocycles. The highest BCUT2D eigenvalue weighted by molar-refractivity contribution is 7.89. The van der Waals surface area contributed by atoms with Crippen LogP contribution in [-0.4, -0.2) is 15.0 Å². The molecule has 0 amide bonds. The summed E-state index contributed by atoms with van der Waals surface area (Å²) in [5.74, 6) is 0.544. The molecule has 0 spiro atoms. The average molecular weight is 240 g/mol. The van der Waals surface area contributed by atoms with Crippen LogP contribution in [0.15, 0.2) is 29.2 Å². The molecule has 0 unspecified atom stereocenters. The van der Waals surface area contributed by atoms with Gasteiger partial charge >= 0.3 is 0 Å². The van der Waals surface area contributed by atoms with Crippen LogP contribution in [0.3, 0.4) is 0 Å². The van der Waals surface area contributed by atoms with Gasteiger partial charge in [-0.05, 0) is 43.0 Å². The Morgan fingerprint density at radius 2 is 1.94 bits per heavy atom. The Hall–Kier alpha value is -0.910. The van der Waals surface area contributed by atoms with Crippen molar-refractivity contribution >= 4 is 15.7 Å². The lowest BCUT2D eigenvalue weighted by Crippen LogP contribution is -2.69. The lowest BCUT2D eigenvalue weighted by Gasteiger charge is -2.06. The van der Waals surface area contributed by atoms with Crippen LogP contribution in [0.25, 0.3) is 0 Å². The second kappa shape index (κ2) is 4.53. The summed E-state index contributed by atoms with van der Waals surface area (Å²) in [5, 5.41) is 1.69. The highest BCUT2D eigenvalue weighted by Crippen LogP contribution is 2.28. The summed E-state index contributed by atoms with van der Waals surface area (Å²) in [6, 6.07) is 6.70. The molecule has 16 heavy (non-hydrogen) atoms. The first-order valence-electron chi connectivity index (χ1n) is 5.34. The fourth-order valence-electron chi connectivity index (χ4n) is 1.42. The van der Waals surface area contributed by atoms with Crippen molar-refractivity contribution in [1.29, 1.82) is 0 Å². The Labute approximate surface area is 96.1 Å². The Morgan fingerprint density at radius 3 is 2.44 bits per heavy atom. The average Bonchev–Trinajstić information content (AvgIpc) is 3.10. The van der Waals surface area contributed by atoms with Gasteiger partial charge in [-0.25, -0.2) is 13.1 Å². The monoisotopic (exact) mass is 240 g/mol. The number of quaternary nitrogens is 1. The molecule has 0 saturated heterocycles. The highest BCUT2D eigenvalue weighted by atomic mass is 32.2. The van der Waals surface area contributed by atoms with Crippen molar-refractivity contribution < 1.29 is 13.7 Å². The lowest BCUT2D eigenvalue weighted by molar-refractivity contribution is -0.504. The highest BCUT2D eigenvalue weighted by Gasteiger charge is 2.24. The summed E-state index contributed by atoms with van der Waals surface area (Å²) in [5.41, 5.74) is 0.918. The van der Waals surface area contributed by atoms with E-state index in [1.807, 2.05) is 0 Å². The van der Waals surface area contributed by atoms with Gasteiger partial charge < -0.3 is 5.32 Å². The van der Waals surface area contributed by atoms with E-state index in [0.29, 0.717) is 17.4 Å². The summed E-state index contributed by atoms with van der Waals surface area (Å²) >= 11 is 0. The molecule has 0 atom stereocenters. The molecule has 0 radical (unpaired) electrons. The predicted octanol–water partition coefficient (Wildman–Crippen LogP) is 0.361. The van der Waals surface area contributed by atoms with Gasteiger partial charge in [0.15, 0.2) is 0 Å². The molecular weight excluding hydrogens is 224 g/mol. The van der Waals surface area contributed by atoms with Gasteiger partial charge in [0, 0.05) is 6.54 Å². The van der Waals surface area contributed by atoms with Crippen molar-refractivity contribution in [3.8, 4) is 0 Å². The number of nitrogens with one attached hydrogen (secondary N) is 1. The summed E-state index contributed by atoms with van der Waals surface area (Å²) < 4.78 is 26.3. The number of sulfonamides is 1. The molecular formula is C11H16N2O2S. The van der Waals surface area contributed by atoms with Gasteiger partial charge in [0.1, 0.15) is 5.69 Å². The summed E-state index contributed by atoms with van der Waals surface area (Å²) in [7, 11) is 0.301. The maximum Gasteiger partial charge on any atom is 0.240 e. The zero-order valence-electron chi connectivity index (χ0n) is 9.02. The van der Waals surface area contributed by atoms with Crippen LogP contribution in [0, 0.1) is 13.0 Å². The molecule has 4 nitrogen and oxygen atoms in total. The van der Waals surface area contributed by atoms with Crippen LogP contribution >= 0.6 is 0 Å². The fraction of sp³-hybridized carbons (Fsp3) is 0.364. The zero-order chi connectivity index (χ0) is 11.6. The number of nitrogens with two attached hydrogens (primary N) is 1. The quantitative estimate of drug-likeness (QED) is 0.576. The molecule has 1 fully saturated rings. The third-order valence-electron chi connectivity index (χ3n) is 2.69.